The van der Waals surface area contributed by atoms with Gasteiger partial charge in [-0.25, -0.2) is 4.39 Å². The van der Waals surface area contributed by atoms with Gasteiger partial charge in [-0.3, -0.25) is 24.2 Å². The summed E-state index contributed by atoms with van der Waals surface area (Å²) >= 11 is 4.74. The molecule has 0 spiro atoms. The number of halogens is 3. The van der Waals surface area contributed by atoms with Crippen LogP contribution in [-0.2, 0) is 14.4 Å². The zero-order chi connectivity index (χ0) is 25.1. The van der Waals surface area contributed by atoms with Crippen LogP contribution in [0.3, 0.4) is 0 Å². The number of Topliss-reactive ketones (excluding diaryl/α,β-unsaturated/α-hetero) is 1. The smallest absolute Gasteiger partial charge is 0.320 e. The molecule has 3 aliphatic rings. The first-order chi connectivity index (χ1) is 16.8. The van der Waals surface area contributed by atoms with Crippen LogP contribution in [0.25, 0.3) is 0 Å². The number of carboxylic acids is 1. The molecular formula is C26H36Cl2FN3O4S. The van der Waals surface area contributed by atoms with Crippen LogP contribution < -0.4 is 0 Å². The van der Waals surface area contributed by atoms with Gasteiger partial charge in [-0.15, -0.1) is 24.8 Å². The Labute approximate surface area is 235 Å². The third-order valence-corrected chi connectivity index (χ3v) is 7.94. The van der Waals surface area contributed by atoms with E-state index in [0.717, 1.165) is 24.8 Å². The third-order valence-electron chi connectivity index (χ3n) is 7.35. The van der Waals surface area contributed by atoms with E-state index >= 15 is 0 Å². The van der Waals surface area contributed by atoms with Crippen molar-refractivity contribution in [3.63, 3.8) is 0 Å². The van der Waals surface area contributed by atoms with E-state index in [-0.39, 0.29) is 60.0 Å². The molecule has 0 radical (unpaired) electrons. The zero-order valence-corrected chi connectivity index (χ0v) is 23.4. The Morgan fingerprint density at radius 3 is 2.41 bits per heavy atom. The van der Waals surface area contributed by atoms with E-state index in [2.05, 4.69) is 4.90 Å². The number of carboxylic acid groups (broad SMARTS) is 1. The Bertz CT molecular complexity index is 1010. The maximum atomic E-state index is 14.7. The van der Waals surface area contributed by atoms with Gasteiger partial charge in [0, 0.05) is 49.5 Å². The highest BCUT2D eigenvalue weighted by Gasteiger charge is 2.41. The monoisotopic (exact) mass is 575 g/mol. The van der Waals surface area contributed by atoms with Crippen molar-refractivity contribution in [3.8, 4) is 0 Å². The maximum Gasteiger partial charge on any atom is 0.320 e. The van der Waals surface area contributed by atoms with Crippen molar-refractivity contribution in [2.45, 2.75) is 49.9 Å². The van der Waals surface area contributed by atoms with Crippen LogP contribution in [-0.4, -0.2) is 88.0 Å². The first-order valence-electron chi connectivity index (χ1n) is 12.4. The molecule has 4 rings (SSSR count). The second-order valence-corrected chi connectivity index (χ2v) is 10.4. The minimum atomic E-state index is -0.902. The number of carbonyl (C=O) groups excluding carboxylic acids is 2. The summed E-state index contributed by atoms with van der Waals surface area (Å²) in [5, 5.41) is 9.40. The molecule has 2 heterocycles. The number of piperazine rings is 1. The summed E-state index contributed by atoms with van der Waals surface area (Å²) < 4.78 is 14.7. The largest absolute Gasteiger partial charge is 0.480 e. The van der Waals surface area contributed by atoms with Crippen LogP contribution in [0, 0.1) is 11.7 Å². The van der Waals surface area contributed by atoms with Crippen LogP contribution in [0.2, 0.25) is 0 Å². The lowest BCUT2D eigenvalue weighted by atomic mass is 9.93. The van der Waals surface area contributed by atoms with Crippen LogP contribution >= 0.6 is 37.4 Å². The molecule has 3 fully saturated rings. The fraction of sp³-hybridized carbons (Fsp3) is 0.577. The highest BCUT2D eigenvalue weighted by molar-refractivity contribution is 7.81. The van der Waals surface area contributed by atoms with Crippen molar-refractivity contribution in [3.05, 3.63) is 47.3 Å². The van der Waals surface area contributed by atoms with Crippen LogP contribution in [0.4, 0.5) is 4.39 Å². The second-order valence-electron chi connectivity index (χ2n) is 9.73. The molecule has 3 atom stereocenters. The van der Waals surface area contributed by atoms with Gasteiger partial charge in [0.15, 0.2) is 5.78 Å². The fourth-order valence-corrected chi connectivity index (χ4v) is 5.44. The number of likely N-dealkylation sites (tertiary alicyclic amines) is 1. The number of benzene rings is 1. The van der Waals surface area contributed by atoms with Crippen molar-refractivity contribution in [1.29, 1.82) is 0 Å². The SMILES string of the molecule is CCC(C(=O)O)N1CCN(C/C=C2\CN(C(C(=O)C3CC3)c3ccccc3F)CCC2S)C(=O)C1.Cl.Cl. The molecule has 7 nitrogen and oxygen atoms in total. The van der Waals surface area contributed by atoms with Gasteiger partial charge in [0.1, 0.15) is 11.9 Å². The molecular weight excluding hydrogens is 540 g/mol. The molecule has 1 aromatic rings. The van der Waals surface area contributed by atoms with Gasteiger partial charge < -0.3 is 10.0 Å². The number of nitrogens with zero attached hydrogens (tertiary/aromatic N) is 3. The number of aliphatic carboxylic acids is 1. The van der Waals surface area contributed by atoms with Crippen LogP contribution in [0.1, 0.15) is 44.2 Å². The summed E-state index contributed by atoms with van der Waals surface area (Å²) in [5.41, 5.74) is 1.45. The van der Waals surface area contributed by atoms with E-state index in [1.54, 1.807) is 28.0 Å². The molecule has 1 aliphatic carbocycles. The first kappa shape index (κ1) is 31.6. The standard InChI is InChI=1S/C26H34FN3O4S.2ClH/c1-2-21(26(33)34)29-14-13-28(23(31)16-29)11-9-18-15-30(12-10-22(18)35)24(25(32)17-7-8-17)19-5-3-4-6-20(19)27;;/h3-6,9,17,21-22,24,35H,2,7-8,10-16H2,1H3,(H,33,34);2*1H/b18-9+;;. The van der Waals surface area contributed by atoms with Gasteiger partial charge in [0.25, 0.3) is 0 Å². The quantitative estimate of drug-likeness (QED) is 0.346. The summed E-state index contributed by atoms with van der Waals surface area (Å²) in [4.78, 5) is 42.9. The minimum Gasteiger partial charge on any atom is -0.480 e. The van der Waals surface area contributed by atoms with Gasteiger partial charge in [-0.05, 0) is 37.3 Å². The van der Waals surface area contributed by atoms with E-state index in [1.807, 2.05) is 13.0 Å². The van der Waals surface area contributed by atoms with Crippen molar-refractivity contribution >= 4 is 55.1 Å². The van der Waals surface area contributed by atoms with Crippen molar-refractivity contribution in [1.82, 2.24) is 14.7 Å². The predicted octanol–water partition coefficient (Wildman–Crippen LogP) is 3.63. The molecule has 0 bridgehead atoms. The molecule has 206 valence electrons. The van der Waals surface area contributed by atoms with Gasteiger partial charge in [-0.1, -0.05) is 31.2 Å². The number of carbonyl (C=O) groups is 3. The third kappa shape index (κ3) is 7.47. The van der Waals surface area contributed by atoms with Gasteiger partial charge in [0.05, 0.1) is 12.6 Å². The summed E-state index contributed by atoms with van der Waals surface area (Å²) in [5.74, 6) is -1.26. The minimum absolute atomic E-state index is 0. The molecule has 0 aromatic heterocycles. The van der Waals surface area contributed by atoms with E-state index in [9.17, 15) is 23.9 Å². The summed E-state index contributed by atoms with van der Waals surface area (Å²) in [6, 6.07) is 5.26. The number of hydrogen-bond donors (Lipinski definition) is 2. The number of ketones is 1. The van der Waals surface area contributed by atoms with E-state index in [4.69, 9.17) is 12.6 Å². The van der Waals surface area contributed by atoms with Gasteiger partial charge in [0.2, 0.25) is 5.91 Å². The van der Waals surface area contributed by atoms with Crippen LogP contribution in [0.5, 0.6) is 0 Å². The number of thiol groups is 1. The lowest BCUT2D eigenvalue weighted by Crippen LogP contribution is -2.55. The average molecular weight is 577 g/mol. The van der Waals surface area contributed by atoms with Crippen molar-refractivity contribution in [2.75, 3.05) is 39.3 Å². The highest BCUT2D eigenvalue weighted by Crippen LogP contribution is 2.39. The molecule has 1 saturated carbocycles. The molecule has 11 heteroatoms. The Morgan fingerprint density at radius 2 is 1.81 bits per heavy atom. The van der Waals surface area contributed by atoms with Crippen molar-refractivity contribution < 1.29 is 23.9 Å². The van der Waals surface area contributed by atoms with E-state index in [1.165, 1.54) is 6.07 Å². The average Bonchev–Trinajstić information content (AvgIpc) is 3.67. The zero-order valence-electron chi connectivity index (χ0n) is 20.9. The van der Waals surface area contributed by atoms with Gasteiger partial charge in [-0.2, -0.15) is 12.6 Å². The number of piperidine rings is 1. The Kier molecular flexibility index (Phi) is 11.9. The number of hydrogen-bond acceptors (Lipinski definition) is 6. The Hall–Kier alpha value is -1.65. The second kappa shape index (κ2) is 13.9. The summed E-state index contributed by atoms with van der Waals surface area (Å²) in [7, 11) is 0. The molecule has 1 amide bonds. The highest BCUT2D eigenvalue weighted by atomic mass is 35.5. The molecule has 1 N–H and O–H groups in total. The Balaban J connectivity index is 0.00000241. The van der Waals surface area contributed by atoms with Crippen LogP contribution in [0.15, 0.2) is 35.9 Å². The van der Waals surface area contributed by atoms with Crippen molar-refractivity contribution in [2.24, 2.45) is 5.92 Å². The predicted molar refractivity (Wildman–Crippen MR) is 148 cm³/mol. The van der Waals surface area contributed by atoms with E-state index < -0.39 is 18.1 Å². The number of amides is 1. The topological polar surface area (TPSA) is 81.2 Å². The lowest BCUT2D eigenvalue weighted by Gasteiger charge is -2.39. The maximum absolute atomic E-state index is 14.7. The molecule has 1 aromatic carbocycles. The first-order valence-corrected chi connectivity index (χ1v) is 13.0. The molecule has 2 aliphatic heterocycles. The molecule has 3 unspecified atom stereocenters. The number of rotatable bonds is 9. The molecule has 2 saturated heterocycles. The van der Waals surface area contributed by atoms with Gasteiger partial charge >= 0.3 is 5.97 Å². The van der Waals surface area contributed by atoms with E-state index in [0.29, 0.717) is 44.7 Å². The normalized spacial score (nSPS) is 23.6. The molecule has 37 heavy (non-hydrogen) atoms. The lowest BCUT2D eigenvalue weighted by molar-refractivity contribution is -0.147. The summed E-state index contributed by atoms with van der Waals surface area (Å²) in [6.07, 6.45) is 4.92. The summed E-state index contributed by atoms with van der Waals surface area (Å²) in [6.45, 7) is 4.44. The Morgan fingerprint density at radius 1 is 1.11 bits per heavy atom. The fourth-order valence-electron chi connectivity index (χ4n) is 5.13.